The van der Waals surface area contributed by atoms with Crippen molar-refractivity contribution in [3.05, 3.63) is 53.1 Å². The fourth-order valence-corrected chi connectivity index (χ4v) is 3.73. The van der Waals surface area contributed by atoms with Crippen LogP contribution in [0.2, 0.25) is 0 Å². The van der Waals surface area contributed by atoms with Crippen LogP contribution in [-0.4, -0.2) is 32.9 Å². The van der Waals surface area contributed by atoms with Crippen molar-refractivity contribution >= 4 is 21.9 Å². The number of esters is 1. The van der Waals surface area contributed by atoms with Crippen LogP contribution in [0.4, 0.5) is 0 Å². The number of allylic oxidation sites excluding steroid dienone is 3. The minimum atomic E-state index is -4.11. The number of Topliss-reactive ketones (excluding diaryl/α,β-unsaturated/α-hetero) is 1. The molecule has 2 unspecified atom stereocenters. The van der Waals surface area contributed by atoms with E-state index < -0.39 is 40.0 Å². The molecule has 0 saturated carbocycles. The fourth-order valence-electron chi connectivity index (χ4n) is 2.74. The van der Waals surface area contributed by atoms with E-state index in [-0.39, 0.29) is 4.90 Å². The summed E-state index contributed by atoms with van der Waals surface area (Å²) in [5.74, 6) is -1.33. The molecule has 0 heterocycles. The molecule has 2 atom stereocenters. The monoisotopic (exact) mass is 420 g/mol. The van der Waals surface area contributed by atoms with Crippen molar-refractivity contribution in [2.45, 2.75) is 58.5 Å². The van der Waals surface area contributed by atoms with Crippen molar-refractivity contribution < 1.29 is 26.9 Å². The predicted octanol–water partition coefficient (Wildman–Crippen LogP) is 3.89. The van der Waals surface area contributed by atoms with Crippen LogP contribution in [0.3, 0.4) is 0 Å². The predicted molar refractivity (Wildman–Crippen MR) is 110 cm³/mol. The molecule has 0 radical (unpaired) electrons. The van der Waals surface area contributed by atoms with Gasteiger partial charge in [-0.1, -0.05) is 35.4 Å². The van der Waals surface area contributed by atoms with E-state index in [1.165, 1.54) is 31.6 Å². The molecule has 1 aromatic rings. The quantitative estimate of drug-likeness (QED) is 0.360. The number of rotatable bonds is 8. The second-order valence-electron chi connectivity index (χ2n) is 7.72. The highest BCUT2D eigenvalue weighted by Crippen LogP contribution is 2.27. The smallest absolute Gasteiger partial charge is 0.322 e. The summed E-state index contributed by atoms with van der Waals surface area (Å²) in [5.41, 5.74) is 1.36. The lowest BCUT2D eigenvalue weighted by Gasteiger charge is -2.27. The number of carbonyl (C=O) groups excluding carboxylic acids is 2. The molecule has 6 nitrogen and oxygen atoms in total. The number of carbonyl (C=O) groups is 2. The summed E-state index contributed by atoms with van der Waals surface area (Å²) in [6.07, 6.45) is 5.03. The van der Waals surface area contributed by atoms with Gasteiger partial charge < -0.3 is 4.74 Å². The number of benzene rings is 1. The van der Waals surface area contributed by atoms with Gasteiger partial charge in [0.1, 0.15) is 17.3 Å². The molecule has 1 aliphatic carbocycles. The minimum Gasteiger partial charge on any atom is -0.457 e. The Morgan fingerprint density at radius 1 is 1.10 bits per heavy atom. The summed E-state index contributed by atoms with van der Waals surface area (Å²) in [7, 11) is -4.11. The van der Waals surface area contributed by atoms with Crippen molar-refractivity contribution in [3.8, 4) is 0 Å². The fraction of sp³-hybridized carbons (Fsp3) is 0.455. The van der Waals surface area contributed by atoms with Crippen molar-refractivity contribution in [2.75, 3.05) is 6.61 Å². The molecule has 0 aliphatic heterocycles. The summed E-state index contributed by atoms with van der Waals surface area (Å²) in [6.45, 7) is 7.54. The highest BCUT2D eigenvalue weighted by atomic mass is 32.2. The lowest BCUT2D eigenvalue weighted by Crippen LogP contribution is -2.42. The molecule has 0 amide bonds. The zero-order chi connectivity index (χ0) is 21.8. The average molecular weight is 421 g/mol. The van der Waals surface area contributed by atoms with E-state index in [2.05, 4.69) is 0 Å². The Morgan fingerprint density at radius 2 is 1.72 bits per heavy atom. The SMILES string of the molecule is CC(=O)C(C)(COS(=O)(=O)c1ccc(C)cc1)C(=O)OC(C)C1=CC=C(C)CC1. The van der Waals surface area contributed by atoms with Crippen LogP contribution in [0.5, 0.6) is 0 Å². The Hall–Kier alpha value is -2.25. The summed E-state index contributed by atoms with van der Waals surface area (Å²) < 4.78 is 35.4. The van der Waals surface area contributed by atoms with Crippen molar-refractivity contribution in [1.82, 2.24) is 0 Å². The summed E-state index contributed by atoms with van der Waals surface area (Å²) >= 11 is 0. The third-order valence-corrected chi connectivity index (χ3v) is 6.51. The number of aryl methyl sites for hydroxylation is 1. The van der Waals surface area contributed by atoms with E-state index in [0.29, 0.717) is 0 Å². The zero-order valence-corrected chi connectivity index (χ0v) is 18.3. The Bertz CT molecular complexity index is 940. The van der Waals surface area contributed by atoms with Gasteiger partial charge in [-0.25, -0.2) is 0 Å². The molecule has 0 aromatic heterocycles. The average Bonchev–Trinajstić information content (AvgIpc) is 2.66. The van der Waals surface area contributed by atoms with Gasteiger partial charge in [0.2, 0.25) is 0 Å². The lowest BCUT2D eigenvalue weighted by molar-refractivity contribution is -0.163. The van der Waals surface area contributed by atoms with Crippen LogP contribution in [-0.2, 0) is 28.6 Å². The first-order valence-electron chi connectivity index (χ1n) is 9.50. The molecule has 0 saturated heterocycles. The highest BCUT2D eigenvalue weighted by molar-refractivity contribution is 7.86. The highest BCUT2D eigenvalue weighted by Gasteiger charge is 2.43. The van der Waals surface area contributed by atoms with Crippen molar-refractivity contribution in [3.63, 3.8) is 0 Å². The Balaban J connectivity index is 2.12. The van der Waals surface area contributed by atoms with E-state index in [4.69, 9.17) is 8.92 Å². The maximum absolute atomic E-state index is 12.8. The van der Waals surface area contributed by atoms with Crippen LogP contribution >= 0.6 is 0 Å². The molecule has 0 bridgehead atoms. The van der Waals surface area contributed by atoms with E-state index in [9.17, 15) is 18.0 Å². The standard InChI is InChI=1S/C22H28O6S/c1-15-6-10-19(11-7-15)17(3)28-21(24)22(5,18(4)23)14-27-29(25,26)20-12-8-16(2)9-13-20/h6,8-10,12-13,17H,7,11,14H2,1-5H3. The topological polar surface area (TPSA) is 86.7 Å². The molecule has 158 valence electrons. The number of ketones is 1. The molecule has 29 heavy (non-hydrogen) atoms. The van der Waals surface area contributed by atoms with Gasteiger partial charge in [0.05, 0.1) is 11.5 Å². The second-order valence-corrected chi connectivity index (χ2v) is 9.34. The molecule has 1 aromatic carbocycles. The van der Waals surface area contributed by atoms with Crippen LogP contribution < -0.4 is 0 Å². The van der Waals surface area contributed by atoms with Gasteiger partial charge in [-0.05, 0) is 65.2 Å². The third-order valence-electron chi connectivity index (χ3n) is 5.24. The van der Waals surface area contributed by atoms with Crippen LogP contribution in [0.15, 0.2) is 52.5 Å². The first kappa shape index (κ1) is 23.0. The van der Waals surface area contributed by atoms with E-state index in [1.54, 1.807) is 19.1 Å². The van der Waals surface area contributed by atoms with Crippen LogP contribution in [0.1, 0.15) is 46.1 Å². The summed E-state index contributed by atoms with van der Waals surface area (Å²) in [6, 6.07) is 6.12. The number of hydrogen-bond donors (Lipinski definition) is 0. The molecular weight excluding hydrogens is 392 g/mol. The maximum atomic E-state index is 12.8. The first-order chi connectivity index (χ1) is 13.5. The van der Waals surface area contributed by atoms with Gasteiger partial charge in [0, 0.05) is 0 Å². The summed E-state index contributed by atoms with van der Waals surface area (Å²) in [5, 5.41) is 0. The zero-order valence-electron chi connectivity index (χ0n) is 17.5. The minimum absolute atomic E-state index is 0.0368. The van der Waals surface area contributed by atoms with Crippen molar-refractivity contribution in [1.29, 1.82) is 0 Å². The maximum Gasteiger partial charge on any atom is 0.322 e. The van der Waals surface area contributed by atoms with E-state index in [0.717, 1.165) is 24.0 Å². The first-order valence-corrected chi connectivity index (χ1v) is 10.9. The van der Waals surface area contributed by atoms with Gasteiger partial charge in [-0.15, -0.1) is 0 Å². The van der Waals surface area contributed by atoms with Gasteiger partial charge >= 0.3 is 5.97 Å². The lowest BCUT2D eigenvalue weighted by atomic mass is 9.87. The largest absolute Gasteiger partial charge is 0.457 e. The molecule has 7 heteroatoms. The Kier molecular flexibility index (Phi) is 7.19. The summed E-state index contributed by atoms with van der Waals surface area (Å²) in [4.78, 5) is 24.9. The Labute approximate surface area is 172 Å². The normalized spacial score (nSPS) is 17.6. The molecule has 0 N–H and O–H groups in total. The van der Waals surface area contributed by atoms with Gasteiger partial charge in [-0.2, -0.15) is 8.42 Å². The molecular formula is C22H28O6S. The van der Waals surface area contributed by atoms with Crippen molar-refractivity contribution in [2.24, 2.45) is 5.41 Å². The van der Waals surface area contributed by atoms with Crippen LogP contribution in [0, 0.1) is 12.3 Å². The molecule has 0 spiro atoms. The number of ether oxygens (including phenoxy) is 1. The Morgan fingerprint density at radius 3 is 2.24 bits per heavy atom. The molecule has 0 fully saturated rings. The van der Waals surface area contributed by atoms with Gasteiger partial charge in [0.15, 0.2) is 0 Å². The van der Waals surface area contributed by atoms with Gasteiger partial charge in [-0.3, -0.25) is 13.8 Å². The van der Waals surface area contributed by atoms with E-state index >= 15 is 0 Å². The third kappa shape index (κ3) is 5.64. The molecule has 2 rings (SSSR count). The van der Waals surface area contributed by atoms with Crippen LogP contribution in [0.25, 0.3) is 0 Å². The van der Waals surface area contributed by atoms with Gasteiger partial charge in [0.25, 0.3) is 10.1 Å². The second kappa shape index (κ2) is 9.05. The van der Waals surface area contributed by atoms with E-state index in [1.807, 2.05) is 26.0 Å². The number of hydrogen-bond acceptors (Lipinski definition) is 6. The molecule has 1 aliphatic rings.